The van der Waals surface area contributed by atoms with Crippen molar-refractivity contribution in [3.8, 4) is 5.75 Å². The van der Waals surface area contributed by atoms with E-state index in [1.165, 1.54) is 6.92 Å². The van der Waals surface area contributed by atoms with Crippen molar-refractivity contribution in [1.29, 1.82) is 0 Å². The van der Waals surface area contributed by atoms with Gasteiger partial charge in [-0.25, -0.2) is 4.79 Å². The van der Waals surface area contributed by atoms with E-state index in [9.17, 15) is 14.9 Å². The van der Waals surface area contributed by atoms with E-state index in [1.54, 1.807) is 0 Å². The minimum Gasteiger partial charge on any atom is -0.489 e. The number of nitrogens with zero attached hydrogens (tertiary/aromatic N) is 1. The number of carbonyl (C=O) groups is 1. The fraction of sp³-hybridized carbons (Fsp3) is 0.421. The number of benzene rings is 2. The van der Waals surface area contributed by atoms with Gasteiger partial charge in [-0.1, -0.05) is 50.2 Å². The Morgan fingerprint density at radius 2 is 1.85 bits per heavy atom. The normalized spacial score (nSPS) is 13.2. The van der Waals surface area contributed by atoms with Crippen LogP contribution >= 0.6 is 0 Å². The summed E-state index contributed by atoms with van der Waals surface area (Å²) in [6.45, 7) is 5.64. The van der Waals surface area contributed by atoms with Gasteiger partial charge in [-0.2, -0.15) is 0 Å². The average Bonchev–Trinajstić information content (AvgIpc) is 2.63. The Morgan fingerprint density at radius 3 is 2.56 bits per heavy atom. The molecule has 0 aliphatic rings. The van der Waals surface area contributed by atoms with E-state index >= 15 is 0 Å². The molecule has 0 fully saturated rings. The number of hydrogen-bond acceptors (Lipinski definition) is 7. The van der Waals surface area contributed by atoms with Crippen LogP contribution in [-0.2, 0) is 14.4 Å². The van der Waals surface area contributed by atoms with Crippen molar-refractivity contribution in [1.82, 2.24) is 5.32 Å². The molecule has 2 aromatic carbocycles. The summed E-state index contributed by atoms with van der Waals surface area (Å²) in [5, 5.41) is 14.5. The van der Waals surface area contributed by atoms with E-state index in [1.807, 2.05) is 56.3 Å². The summed E-state index contributed by atoms with van der Waals surface area (Å²) in [5.74, 6) is -0.142. The first-order chi connectivity index (χ1) is 12.9. The number of esters is 1. The maximum absolute atomic E-state index is 12.0. The zero-order valence-electron chi connectivity index (χ0n) is 15.6. The molecule has 2 aromatic rings. The van der Waals surface area contributed by atoms with Crippen LogP contribution in [0.5, 0.6) is 5.75 Å². The Kier molecular flexibility index (Phi) is 7.36. The summed E-state index contributed by atoms with van der Waals surface area (Å²) in [7, 11) is 0. The number of nitrogens with one attached hydrogen (secondary N) is 1. The second kappa shape index (κ2) is 9.72. The number of rotatable bonds is 10. The van der Waals surface area contributed by atoms with Crippen LogP contribution in [0.3, 0.4) is 0 Å². The van der Waals surface area contributed by atoms with Crippen molar-refractivity contribution in [2.24, 2.45) is 0 Å². The number of fused-ring (bicyclic) bond motifs is 1. The Bertz CT molecular complexity index is 774. The summed E-state index contributed by atoms with van der Waals surface area (Å²) >= 11 is 0. The maximum atomic E-state index is 12.0. The van der Waals surface area contributed by atoms with Gasteiger partial charge in [-0.15, -0.1) is 10.1 Å². The van der Waals surface area contributed by atoms with Crippen molar-refractivity contribution in [3.63, 3.8) is 0 Å². The molecule has 2 rings (SSSR count). The third-order valence-electron chi connectivity index (χ3n) is 3.79. The first kappa shape index (κ1) is 20.4. The molecular weight excluding hydrogens is 352 g/mol. The molecule has 0 bridgehead atoms. The molecule has 0 aliphatic heterocycles. The lowest BCUT2D eigenvalue weighted by Crippen LogP contribution is -2.40. The van der Waals surface area contributed by atoms with Gasteiger partial charge >= 0.3 is 5.97 Å². The third-order valence-corrected chi connectivity index (χ3v) is 3.79. The minimum atomic E-state index is -1.31. The van der Waals surface area contributed by atoms with E-state index in [2.05, 4.69) is 10.2 Å². The molecule has 0 spiro atoms. The predicted octanol–water partition coefficient (Wildman–Crippen LogP) is 2.73. The van der Waals surface area contributed by atoms with E-state index in [-0.39, 0.29) is 12.6 Å². The topological polar surface area (TPSA) is 99.9 Å². The van der Waals surface area contributed by atoms with Gasteiger partial charge < -0.3 is 14.8 Å². The molecule has 2 unspecified atom stereocenters. The summed E-state index contributed by atoms with van der Waals surface area (Å²) in [5.41, 5.74) is 0. The summed E-state index contributed by atoms with van der Waals surface area (Å²) in [6.07, 6.45) is -1.93. The number of hydrogen-bond donors (Lipinski definition) is 1. The van der Waals surface area contributed by atoms with Crippen molar-refractivity contribution in [3.05, 3.63) is 52.6 Å². The van der Waals surface area contributed by atoms with Crippen molar-refractivity contribution >= 4 is 16.7 Å². The molecule has 146 valence electrons. The minimum absolute atomic E-state index is 0.102. The quantitative estimate of drug-likeness (QED) is 0.386. The van der Waals surface area contributed by atoms with Gasteiger partial charge in [0.25, 0.3) is 5.09 Å². The molecule has 2 atom stereocenters. The van der Waals surface area contributed by atoms with Gasteiger partial charge in [0, 0.05) is 18.0 Å². The van der Waals surface area contributed by atoms with Gasteiger partial charge in [0.1, 0.15) is 18.5 Å². The number of carbonyl (C=O) groups excluding carboxylic acids is 1. The lowest BCUT2D eigenvalue weighted by atomic mass is 10.1. The molecular formula is C19H24N2O6. The first-order valence-electron chi connectivity index (χ1n) is 8.72. The smallest absolute Gasteiger partial charge is 0.335 e. The largest absolute Gasteiger partial charge is 0.489 e. The maximum Gasteiger partial charge on any atom is 0.335 e. The van der Waals surface area contributed by atoms with E-state index in [0.29, 0.717) is 12.3 Å². The zero-order valence-corrected chi connectivity index (χ0v) is 15.6. The van der Waals surface area contributed by atoms with Gasteiger partial charge in [0.05, 0.1) is 0 Å². The molecule has 8 heteroatoms. The van der Waals surface area contributed by atoms with Crippen LogP contribution in [0.25, 0.3) is 10.8 Å². The van der Waals surface area contributed by atoms with Crippen LogP contribution < -0.4 is 10.1 Å². The summed E-state index contributed by atoms with van der Waals surface area (Å²) < 4.78 is 11.2. The SMILES string of the molecule is CC(C)NCC(COc1cccc2ccccc12)OC(=O)C(C)O[N+](=O)[O-]. The monoisotopic (exact) mass is 376 g/mol. The summed E-state index contributed by atoms with van der Waals surface area (Å²) in [6, 6.07) is 13.7. The lowest BCUT2D eigenvalue weighted by Gasteiger charge is -2.22. The van der Waals surface area contributed by atoms with Crippen molar-refractivity contribution in [2.75, 3.05) is 13.2 Å². The molecule has 0 saturated carbocycles. The van der Waals surface area contributed by atoms with Gasteiger partial charge in [0.15, 0.2) is 0 Å². The fourth-order valence-electron chi connectivity index (χ4n) is 2.44. The fourth-order valence-corrected chi connectivity index (χ4v) is 2.44. The van der Waals surface area contributed by atoms with E-state index in [0.717, 1.165) is 10.8 Å². The van der Waals surface area contributed by atoms with Gasteiger partial charge in [-0.05, 0) is 18.4 Å². The van der Waals surface area contributed by atoms with E-state index in [4.69, 9.17) is 9.47 Å². The second-order valence-corrected chi connectivity index (χ2v) is 6.38. The zero-order chi connectivity index (χ0) is 19.8. The van der Waals surface area contributed by atoms with Crippen LogP contribution in [0.2, 0.25) is 0 Å². The first-order valence-corrected chi connectivity index (χ1v) is 8.72. The van der Waals surface area contributed by atoms with Crippen LogP contribution in [-0.4, -0.2) is 42.5 Å². The highest BCUT2D eigenvalue weighted by Crippen LogP contribution is 2.25. The molecule has 0 heterocycles. The van der Waals surface area contributed by atoms with Gasteiger partial charge in [-0.3, -0.25) is 4.84 Å². The van der Waals surface area contributed by atoms with Crippen LogP contribution in [0.15, 0.2) is 42.5 Å². The van der Waals surface area contributed by atoms with Crippen molar-refractivity contribution in [2.45, 2.75) is 39.0 Å². The average molecular weight is 376 g/mol. The van der Waals surface area contributed by atoms with Crippen LogP contribution in [0.1, 0.15) is 20.8 Å². The molecule has 0 amide bonds. The molecule has 0 aromatic heterocycles. The molecule has 0 saturated heterocycles. The number of ether oxygens (including phenoxy) is 2. The lowest BCUT2D eigenvalue weighted by molar-refractivity contribution is -0.764. The summed E-state index contributed by atoms with van der Waals surface area (Å²) in [4.78, 5) is 26.7. The van der Waals surface area contributed by atoms with Crippen LogP contribution in [0, 0.1) is 10.1 Å². The molecule has 0 aliphatic carbocycles. The second-order valence-electron chi connectivity index (χ2n) is 6.38. The molecule has 0 radical (unpaired) electrons. The van der Waals surface area contributed by atoms with Crippen LogP contribution in [0.4, 0.5) is 0 Å². The molecule has 27 heavy (non-hydrogen) atoms. The Hall–Kier alpha value is -2.87. The standard InChI is InChI=1S/C19H24N2O6/c1-13(2)20-11-16(26-19(22)14(3)27-21(23)24)12-25-18-10-6-8-15-7-4-5-9-17(15)18/h4-10,13-14,16,20H,11-12H2,1-3H3. The Balaban J connectivity index is 2.05. The van der Waals surface area contributed by atoms with E-state index < -0.39 is 23.3 Å². The highest BCUT2D eigenvalue weighted by atomic mass is 17.0. The van der Waals surface area contributed by atoms with Crippen molar-refractivity contribution < 1.29 is 24.2 Å². The van der Waals surface area contributed by atoms with Gasteiger partial charge in [0.2, 0.25) is 6.10 Å². The Morgan fingerprint density at radius 1 is 1.15 bits per heavy atom. The molecule has 1 N–H and O–H groups in total. The predicted molar refractivity (Wildman–Crippen MR) is 100 cm³/mol. The Labute approximate surface area is 157 Å². The highest BCUT2D eigenvalue weighted by Gasteiger charge is 2.23. The third kappa shape index (κ3) is 6.41. The molecule has 8 nitrogen and oxygen atoms in total. The highest BCUT2D eigenvalue weighted by molar-refractivity contribution is 5.88.